The van der Waals surface area contributed by atoms with Crippen LogP contribution in [0.4, 0.5) is 0 Å². The molecule has 4 rings (SSSR count). The standard InChI is InChI=1S/C30H38Cl2N2O6/c1-18-25(29(35)37-2)26(22-5-3-7-23(31)28(22)32)27(24(34-18)17-39-16-15-38-14-12-33)30(36)40-13-4-6-21(19-8-9-19)20-10-11-20/h3-7,19-21,26,34H,8-17,33H2,1-2H3/b6-4+/t26-/m1/s1. The SMILES string of the molecule is COC(=O)C1=C(C)NC(COCCOCCN)=C(C(=O)OC/C=C/C(C2CC2)C2CC2)[C@@H]1c1cccc(Cl)c1Cl. The number of methoxy groups -OCH3 is 1. The van der Waals surface area contributed by atoms with Crippen LogP contribution < -0.4 is 11.1 Å². The van der Waals surface area contributed by atoms with E-state index in [9.17, 15) is 9.59 Å². The second-order valence-corrected chi connectivity index (χ2v) is 11.1. The molecule has 0 bridgehead atoms. The molecule has 2 aliphatic carbocycles. The maximum Gasteiger partial charge on any atom is 0.337 e. The Morgan fingerprint density at radius 1 is 1.05 bits per heavy atom. The topological polar surface area (TPSA) is 109 Å². The van der Waals surface area contributed by atoms with Crippen LogP contribution in [0.15, 0.2) is 52.9 Å². The van der Waals surface area contributed by atoms with Crippen LogP contribution in [-0.4, -0.2) is 58.6 Å². The highest BCUT2D eigenvalue weighted by Gasteiger charge is 2.41. The summed E-state index contributed by atoms with van der Waals surface area (Å²) in [5.41, 5.74) is 7.39. The van der Waals surface area contributed by atoms with Gasteiger partial charge >= 0.3 is 11.9 Å². The molecule has 3 aliphatic rings. The normalized spacial score (nSPS) is 19.4. The molecular formula is C30H38Cl2N2O6. The van der Waals surface area contributed by atoms with Crippen molar-refractivity contribution in [3.05, 3.63) is 68.5 Å². The number of halogens is 2. The fraction of sp³-hybridized carbons (Fsp3) is 0.533. The average Bonchev–Trinajstić information content (AvgIpc) is 3.86. The van der Waals surface area contributed by atoms with Crippen molar-refractivity contribution >= 4 is 35.1 Å². The zero-order valence-corrected chi connectivity index (χ0v) is 24.6. The van der Waals surface area contributed by atoms with Gasteiger partial charge in [0, 0.05) is 12.2 Å². The number of esters is 2. The van der Waals surface area contributed by atoms with Gasteiger partial charge in [-0.25, -0.2) is 9.59 Å². The van der Waals surface area contributed by atoms with Crippen LogP contribution >= 0.6 is 23.2 Å². The number of nitrogens with one attached hydrogen (secondary N) is 1. The third kappa shape index (κ3) is 7.68. The summed E-state index contributed by atoms with van der Waals surface area (Å²) in [6.45, 7) is 3.39. The number of ether oxygens (including phenoxy) is 4. The van der Waals surface area contributed by atoms with Crippen LogP contribution in [0.1, 0.15) is 44.1 Å². The molecule has 0 saturated heterocycles. The van der Waals surface area contributed by atoms with Crippen LogP contribution in [0.25, 0.3) is 0 Å². The molecule has 218 valence electrons. The van der Waals surface area contributed by atoms with Crippen LogP contribution in [0.2, 0.25) is 10.0 Å². The van der Waals surface area contributed by atoms with Crippen molar-refractivity contribution < 1.29 is 28.5 Å². The fourth-order valence-corrected chi connectivity index (χ4v) is 5.66. The first kappa shape index (κ1) is 30.6. The van der Waals surface area contributed by atoms with Gasteiger partial charge in [-0.2, -0.15) is 0 Å². The van der Waals surface area contributed by atoms with E-state index in [1.165, 1.54) is 32.8 Å². The lowest BCUT2D eigenvalue weighted by molar-refractivity contribution is -0.138. The number of allylic oxidation sites excluding steroid dienone is 2. The first-order valence-corrected chi connectivity index (χ1v) is 14.5. The van der Waals surface area contributed by atoms with Gasteiger partial charge in [0.1, 0.15) is 6.61 Å². The highest BCUT2D eigenvalue weighted by atomic mass is 35.5. The van der Waals surface area contributed by atoms with Crippen LogP contribution in [0.5, 0.6) is 0 Å². The summed E-state index contributed by atoms with van der Waals surface area (Å²) in [7, 11) is 1.29. The van der Waals surface area contributed by atoms with Gasteiger partial charge in [-0.3, -0.25) is 0 Å². The molecule has 0 radical (unpaired) electrons. The summed E-state index contributed by atoms with van der Waals surface area (Å²) in [6, 6.07) is 5.11. The van der Waals surface area contributed by atoms with Crippen molar-refractivity contribution in [3.8, 4) is 0 Å². The Bertz CT molecular complexity index is 1160. The molecule has 0 spiro atoms. The van der Waals surface area contributed by atoms with E-state index < -0.39 is 17.9 Å². The van der Waals surface area contributed by atoms with Crippen molar-refractivity contribution in [2.45, 2.75) is 38.5 Å². The Morgan fingerprint density at radius 3 is 2.40 bits per heavy atom. The second kappa shape index (κ2) is 14.5. The van der Waals surface area contributed by atoms with E-state index in [4.69, 9.17) is 47.9 Å². The van der Waals surface area contributed by atoms with Crippen molar-refractivity contribution in [1.82, 2.24) is 5.32 Å². The molecule has 0 amide bonds. The van der Waals surface area contributed by atoms with E-state index >= 15 is 0 Å². The first-order chi connectivity index (χ1) is 19.4. The zero-order chi connectivity index (χ0) is 28.6. The van der Waals surface area contributed by atoms with Gasteiger partial charge < -0.3 is 30.0 Å². The molecule has 8 nitrogen and oxygen atoms in total. The molecule has 3 N–H and O–H groups in total. The van der Waals surface area contributed by atoms with Gasteiger partial charge in [0.15, 0.2) is 0 Å². The Morgan fingerprint density at radius 2 is 1.75 bits per heavy atom. The third-order valence-corrected chi connectivity index (χ3v) is 8.28. The monoisotopic (exact) mass is 592 g/mol. The van der Waals surface area contributed by atoms with Gasteiger partial charge in [-0.05, 0) is 62.0 Å². The van der Waals surface area contributed by atoms with Crippen molar-refractivity contribution in [2.24, 2.45) is 23.5 Å². The highest BCUT2D eigenvalue weighted by Crippen LogP contribution is 2.50. The van der Waals surface area contributed by atoms with Crippen molar-refractivity contribution in [1.29, 1.82) is 0 Å². The number of rotatable bonds is 15. The first-order valence-electron chi connectivity index (χ1n) is 13.8. The molecule has 1 aromatic rings. The molecule has 1 atom stereocenters. The predicted octanol–water partition coefficient (Wildman–Crippen LogP) is 4.91. The molecule has 2 fully saturated rings. The van der Waals surface area contributed by atoms with E-state index in [0.29, 0.717) is 47.7 Å². The third-order valence-electron chi connectivity index (χ3n) is 7.44. The van der Waals surface area contributed by atoms with Crippen molar-refractivity contribution in [2.75, 3.05) is 46.7 Å². The van der Waals surface area contributed by atoms with E-state index in [1.807, 2.05) is 6.08 Å². The summed E-state index contributed by atoms with van der Waals surface area (Å²) >= 11 is 13.0. The summed E-state index contributed by atoms with van der Waals surface area (Å²) in [5.74, 6) is 0.0192. The molecule has 1 aromatic carbocycles. The molecule has 1 heterocycles. The minimum absolute atomic E-state index is 0.0537. The van der Waals surface area contributed by atoms with Gasteiger partial charge in [-0.15, -0.1) is 0 Å². The van der Waals surface area contributed by atoms with Gasteiger partial charge in [-0.1, -0.05) is 47.5 Å². The highest BCUT2D eigenvalue weighted by molar-refractivity contribution is 6.42. The van der Waals surface area contributed by atoms with Crippen LogP contribution in [-0.2, 0) is 28.5 Å². The number of hydrogen-bond acceptors (Lipinski definition) is 8. The molecule has 1 aliphatic heterocycles. The summed E-state index contributed by atoms with van der Waals surface area (Å²) < 4.78 is 22.1. The average molecular weight is 594 g/mol. The number of carbonyl (C=O) groups excluding carboxylic acids is 2. The number of carbonyl (C=O) groups is 2. The lowest BCUT2D eigenvalue weighted by Crippen LogP contribution is -2.35. The lowest BCUT2D eigenvalue weighted by atomic mass is 9.80. The maximum absolute atomic E-state index is 13.8. The van der Waals surface area contributed by atoms with E-state index in [1.54, 1.807) is 25.1 Å². The zero-order valence-electron chi connectivity index (χ0n) is 23.0. The minimum atomic E-state index is -0.880. The predicted molar refractivity (Wildman–Crippen MR) is 154 cm³/mol. The molecular weight excluding hydrogens is 555 g/mol. The largest absolute Gasteiger partial charge is 0.466 e. The molecule has 0 aromatic heterocycles. The number of hydrogen-bond donors (Lipinski definition) is 2. The maximum atomic E-state index is 13.8. The molecule has 10 heteroatoms. The van der Waals surface area contributed by atoms with Gasteiger partial charge in [0.25, 0.3) is 0 Å². The quantitative estimate of drug-likeness (QED) is 0.168. The summed E-state index contributed by atoms with van der Waals surface area (Å²) in [4.78, 5) is 26.8. The Hall–Kier alpha value is -2.36. The van der Waals surface area contributed by atoms with E-state index in [2.05, 4.69) is 11.4 Å². The molecule has 0 unspecified atom stereocenters. The van der Waals surface area contributed by atoms with Crippen molar-refractivity contribution in [3.63, 3.8) is 0 Å². The number of nitrogens with two attached hydrogens (primary N) is 1. The van der Waals surface area contributed by atoms with Crippen LogP contribution in [0.3, 0.4) is 0 Å². The molecule has 2 saturated carbocycles. The van der Waals surface area contributed by atoms with Crippen LogP contribution in [0, 0.1) is 17.8 Å². The Labute approximate surface area is 245 Å². The molecule has 40 heavy (non-hydrogen) atoms. The van der Waals surface area contributed by atoms with Gasteiger partial charge in [0.05, 0.1) is 66.3 Å². The minimum Gasteiger partial charge on any atom is -0.466 e. The summed E-state index contributed by atoms with van der Waals surface area (Å²) in [5, 5.41) is 3.72. The fourth-order valence-electron chi connectivity index (χ4n) is 5.24. The Kier molecular flexibility index (Phi) is 11.1. The summed E-state index contributed by atoms with van der Waals surface area (Å²) in [6.07, 6.45) is 9.23. The smallest absolute Gasteiger partial charge is 0.337 e. The number of dihydropyridines is 1. The number of benzene rings is 1. The second-order valence-electron chi connectivity index (χ2n) is 10.4. The van der Waals surface area contributed by atoms with E-state index in [0.717, 1.165) is 11.8 Å². The lowest BCUT2D eigenvalue weighted by Gasteiger charge is -2.32. The van der Waals surface area contributed by atoms with Gasteiger partial charge in [0.2, 0.25) is 0 Å². The van der Waals surface area contributed by atoms with E-state index in [-0.39, 0.29) is 36.0 Å². The Balaban J connectivity index is 1.62.